The molecule has 0 saturated carbocycles. The van der Waals surface area contributed by atoms with Crippen LogP contribution in [0.15, 0.2) is 30.5 Å². The average Bonchev–Trinajstić information content (AvgIpc) is 2.62. The first kappa shape index (κ1) is 9.92. The van der Waals surface area contributed by atoms with Crippen LogP contribution in [-0.2, 0) is 6.54 Å². The molecule has 0 amide bonds. The number of hydrogen-bond acceptors (Lipinski definition) is 4. The number of rotatable bonds is 3. The van der Waals surface area contributed by atoms with Crippen molar-refractivity contribution < 1.29 is 4.39 Å². The molecular formula is C10H10FN3S. The number of anilines is 2. The van der Waals surface area contributed by atoms with Crippen molar-refractivity contribution in [3.05, 3.63) is 41.8 Å². The zero-order chi connectivity index (χ0) is 10.7. The molecule has 0 fully saturated rings. The number of nitrogen functional groups attached to an aromatic ring is 1. The quantitative estimate of drug-likeness (QED) is 0.840. The smallest absolute Gasteiger partial charge is 0.184 e. The van der Waals surface area contributed by atoms with Gasteiger partial charge in [0, 0.05) is 6.54 Å². The molecule has 3 N–H and O–H groups in total. The fraction of sp³-hybridized carbons (Fsp3) is 0.100. The summed E-state index contributed by atoms with van der Waals surface area (Å²) in [4.78, 5) is 4.04. The third kappa shape index (κ3) is 2.66. The molecule has 1 aromatic heterocycles. The summed E-state index contributed by atoms with van der Waals surface area (Å²) in [6.07, 6.45) is 1.60. The van der Waals surface area contributed by atoms with E-state index in [4.69, 9.17) is 5.73 Å². The van der Waals surface area contributed by atoms with Gasteiger partial charge in [-0.05, 0) is 17.7 Å². The zero-order valence-corrected chi connectivity index (χ0v) is 8.72. The van der Waals surface area contributed by atoms with E-state index in [2.05, 4.69) is 10.3 Å². The number of nitrogens with one attached hydrogen (secondary N) is 1. The maximum atomic E-state index is 12.8. The van der Waals surface area contributed by atoms with Crippen molar-refractivity contribution >= 4 is 21.5 Å². The fourth-order valence-electron chi connectivity index (χ4n) is 1.19. The Kier molecular flexibility index (Phi) is 2.82. The van der Waals surface area contributed by atoms with E-state index in [-0.39, 0.29) is 5.82 Å². The van der Waals surface area contributed by atoms with Gasteiger partial charge in [-0.2, -0.15) is 0 Å². The normalized spacial score (nSPS) is 10.2. The van der Waals surface area contributed by atoms with E-state index < -0.39 is 0 Å². The van der Waals surface area contributed by atoms with Gasteiger partial charge in [0.25, 0.3) is 0 Å². The van der Waals surface area contributed by atoms with Crippen LogP contribution >= 0.6 is 11.3 Å². The van der Waals surface area contributed by atoms with Gasteiger partial charge in [0.2, 0.25) is 0 Å². The van der Waals surface area contributed by atoms with Crippen molar-refractivity contribution in [2.24, 2.45) is 0 Å². The second-order valence-electron chi connectivity index (χ2n) is 3.05. The molecule has 0 spiro atoms. The maximum Gasteiger partial charge on any atom is 0.184 e. The highest BCUT2D eigenvalue weighted by Crippen LogP contribution is 2.20. The summed E-state index contributed by atoms with van der Waals surface area (Å²) in [5.74, 6) is -0.229. The van der Waals surface area contributed by atoms with Crippen LogP contribution < -0.4 is 11.1 Å². The molecule has 0 aliphatic carbocycles. The number of nitrogens with two attached hydrogens (primary N) is 1. The van der Waals surface area contributed by atoms with Crippen molar-refractivity contribution in [3.8, 4) is 0 Å². The molecule has 5 heteroatoms. The fourth-order valence-corrected chi connectivity index (χ4v) is 1.77. The van der Waals surface area contributed by atoms with Crippen LogP contribution in [-0.4, -0.2) is 4.98 Å². The molecule has 0 bridgehead atoms. The van der Waals surface area contributed by atoms with Crippen LogP contribution in [0.25, 0.3) is 0 Å². The minimum absolute atomic E-state index is 0.229. The summed E-state index contributed by atoms with van der Waals surface area (Å²) in [6.45, 7) is 0.546. The van der Waals surface area contributed by atoms with Gasteiger partial charge < -0.3 is 11.1 Å². The monoisotopic (exact) mass is 223 g/mol. The number of benzene rings is 1. The molecule has 1 heterocycles. The van der Waals surface area contributed by atoms with E-state index in [1.807, 2.05) is 6.07 Å². The molecule has 78 valence electrons. The van der Waals surface area contributed by atoms with Crippen molar-refractivity contribution in [1.29, 1.82) is 0 Å². The minimum Gasteiger partial charge on any atom is -0.389 e. The highest BCUT2D eigenvalue weighted by Gasteiger charge is 1.99. The molecule has 0 unspecified atom stereocenters. The second kappa shape index (κ2) is 4.27. The largest absolute Gasteiger partial charge is 0.389 e. The number of hydrogen-bond donors (Lipinski definition) is 2. The van der Waals surface area contributed by atoms with E-state index >= 15 is 0 Å². The molecule has 1 aromatic carbocycles. The Bertz CT molecular complexity index is 455. The van der Waals surface area contributed by atoms with E-state index in [0.717, 1.165) is 10.7 Å². The van der Waals surface area contributed by atoms with Crippen LogP contribution in [0.5, 0.6) is 0 Å². The Labute approximate surface area is 90.8 Å². The topological polar surface area (TPSA) is 50.9 Å². The standard InChI is InChI=1S/C10H10FN3S/c11-8-3-1-2-7(4-8)5-13-10-14-6-9(12)15-10/h1-4,6H,5,12H2,(H,13,14). The summed E-state index contributed by atoms with van der Waals surface area (Å²) in [6, 6.07) is 6.45. The average molecular weight is 223 g/mol. The highest BCUT2D eigenvalue weighted by molar-refractivity contribution is 7.19. The predicted molar refractivity (Wildman–Crippen MR) is 60.3 cm³/mol. The van der Waals surface area contributed by atoms with Gasteiger partial charge >= 0.3 is 0 Å². The first-order valence-electron chi connectivity index (χ1n) is 4.43. The summed E-state index contributed by atoms with van der Waals surface area (Å²) >= 11 is 1.37. The molecule has 0 atom stereocenters. The van der Waals surface area contributed by atoms with Gasteiger partial charge in [0.15, 0.2) is 5.13 Å². The lowest BCUT2D eigenvalue weighted by atomic mass is 10.2. The van der Waals surface area contributed by atoms with Gasteiger partial charge in [0.05, 0.1) is 6.20 Å². The number of halogens is 1. The SMILES string of the molecule is Nc1cnc(NCc2cccc(F)c2)s1. The Morgan fingerprint density at radius 2 is 2.33 bits per heavy atom. The number of thiazole rings is 1. The first-order valence-corrected chi connectivity index (χ1v) is 5.25. The van der Waals surface area contributed by atoms with Crippen LogP contribution in [0.4, 0.5) is 14.5 Å². The highest BCUT2D eigenvalue weighted by atomic mass is 32.1. The Morgan fingerprint density at radius 1 is 1.47 bits per heavy atom. The van der Waals surface area contributed by atoms with Crippen molar-refractivity contribution in [2.45, 2.75) is 6.54 Å². The van der Waals surface area contributed by atoms with Crippen LogP contribution in [0.3, 0.4) is 0 Å². The lowest BCUT2D eigenvalue weighted by molar-refractivity contribution is 0.626. The molecule has 0 aliphatic rings. The van der Waals surface area contributed by atoms with Crippen molar-refractivity contribution in [1.82, 2.24) is 4.98 Å². The van der Waals surface area contributed by atoms with Crippen LogP contribution in [0.2, 0.25) is 0 Å². The van der Waals surface area contributed by atoms with E-state index in [1.165, 1.54) is 23.5 Å². The summed E-state index contributed by atoms with van der Waals surface area (Å²) in [7, 11) is 0. The Balaban J connectivity index is 1.99. The van der Waals surface area contributed by atoms with Crippen molar-refractivity contribution in [2.75, 3.05) is 11.1 Å². The molecule has 0 saturated heterocycles. The van der Waals surface area contributed by atoms with Gasteiger partial charge in [-0.15, -0.1) is 0 Å². The molecule has 2 rings (SSSR count). The number of aromatic nitrogens is 1. The third-order valence-corrected chi connectivity index (χ3v) is 2.64. The summed E-state index contributed by atoms with van der Waals surface area (Å²) in [5.41, 5.74) is 6.41. The van der Waals surface area contributed by atoms with Gasteiger partial charge in [0.1, 0.15) is 10.8 Å². The minimum atomic E-state index is -0.229. The van der Waals surface area contributed by atoms with Crippen LogP contribution in [0, 0.1) is 5.82 Å². The molecular weight excluding hydrogens is 213 g/mol. The van der Waals surface area contributed by atoms with Gasteiger partial charge in [-0.1, -0.05) is 23.5 Å². The molecule has 3 nitrogen and oxygen atoms in total. The van der Waals surface area contributed by atoms with E-state index in [1.54, 1.807) is 12.3 Å². The van der Waals surface area contributed by atoms with Crippen LogP contribution in [0.1, 0.15) is 5.56 Å². The van der Waals surface area contributed by atoms with Gasteiger partial charge in [-0.3, -0.25) is 0 Å². The summed E-state index contributed by atoms with van der Waals surface area (Å²) < 4.78 is 12.8. The zero-order valence-electron chi connectivity index (χ0n) is 7.90. The third-order valence-electron chi connectivity index (χ3n) is 1.86. The molecule has 2 aromatic rings. The molecule has 0 radical (unpaired) electrons. The molecule has 0 aliphatic heterocycles. The lowest BCUT2D eigenvalue weighted by Crippen LogP contribution is -1.98. The van der Waals surface area contributed by atoms with E-state index in [9.17, 15) is 4.39 Å². The number of nitrogens with zero attached hydrogens (tertiary/aromatic N) is 1. The predicted octanol–water partition coefficient (Wildman–Crippen LogP) is 2.48. The summed E-state index contributed by atoms with van der Waals surface area (Å²) in [5, 5.41) is 4.48. The molecule has 15 heavy (non-hydrogen) atoms. The van der Waals surface area contributed by atoms with E-state index in [0.29, 0.717) is 11.5 Å². The van der Waals surface area contributed by atoms with Gasteiger partial charge in [-0.25, -0.2) is 9.37 Å². The lowest BCUT2D eigenvalue weighted by Gasteiger charge is -2.02. The maximum absolute atomic E-state index is 12.8. The second-order valence-corrected chi connectivity index (χ2v) is 4.11. The van der Waals surface area contributed by atoms with Crippen molar-refractivity contribution in [3.63, 3.8) is 0 Å². The Morgan fingerprint density at radius 3 is 3.00 bits per heavy atom. The Hall–Kier alpha value is -1.62. The first-order chi connectivity index (χ1) is 7.24.